The summed E-state index contributed by atoms with van der Waals surface area (Å²) in [6.07, 6.45) is 0. The van der Waals surface area contributed by atoms with E-state index in [0.29, 0.717) is 11.3 Å². The summed E-state index contributed by atoms with van der Waals surface area (Å²) in [5.74, 6) is -3.42. The van der Waals surface area contributed by atoms with E-state index in [9.17, 15) is 22.0 Å². The van der Waals surface area contributed by atoms with E-state index in [1.165, 1.54) is 0 Å². The van der Waals surface area contributed by atoms with Crippen LogP contribution in [-0.4, -0.2) is 19.5 Å². The molecular weight excluding hydrogens is 312 g/mol. The zero-order valence-corrected chi connectivity index (χ0v) is 11.3. The fourth-order valence-electron chi connectivity index (χ4n) is 1.36. The van der Waals surface area contributed by atoms with Crippen LogP contribution < -0.4 is 4.72 Å². The number of nitrogens with one attached hydrogen (secondary N) is 1. The largest absolute Gasteiger partial charge is 0.477 e. The topological polar surface area (TPSA) is 83.5 Å². The highest BCUT2D eigenvalue weighted by Crippen LogP contribution is 2.26. The SMILES string of the molecule is O=C(O)c1ccc(S(=O)(=O)Nc2c(F)cccc2F)s1. The average molecular weight is 319 g/mol. The van der Waals surface area contributed by atoms with E-state index in [1.54, 1.807) is 4.72 Å². The number of carboxylic acids is 1. The van der Waals surface area contributed by atoms with Gasteiger partial charge in [0.1, 0.15) is 26.4 Å². The van der Waals surface area contributed by atoms with Gasteiger partial charge in [-0.15, -0.1) is 11.3 Å². The summed E-state index contributed by atoms with van der Waals surface area (Å²) in [6, 6.07) is 5.04. The van der Waals surface area contributed by atoms with Crippen molar-refractivity contribution in [3.05, 3.63) is 46.8 Å². The van der Waals surface area contributed by atoms with Crippen LogP contribution in [0.4, 0.5) is 14.5 Å². The predicted octanol–water partition coefficient (Wildman–Crippen LogP) is 2.53. The van der Waals surface area contributed by atoms with Gasteiger partial charge in [0.05, 0.1) is 0 Å². The summed E-state index contributed by atoms with van der Waals surface area (Å²) in [5, 5.41) is 8.72. The number of para-hydroxylation sites is 1. The van der Waals surface area contributed by atoms with Crippen LogP contribution in [0.3, 0.4) is 0 Å². The number of carboxylic acid groups (broad SMARTS) is 1. The molecule has 1 aromatic carbocycles. The molecule has 0 aliphatic heterocycles. The molecule has 0 aliphatic rings. The van der Waals surface area contributed by atoms with E-state index in [1.807, 2.05) is 0 Å². The van der Waals surface area contributed by atoms with Crippen LogP contribution in [0.5, 0.6) is 0 Å². The van der Waals surface area contributed by atoms with E-state index in [2.05, 4.69) is 0 Å². The molecule has 0 unspecified atom stereocenters. The van der Waals surface area contributed by atoms with Crippen molar-refractivity contribution in [3.8, 4) is 0 Å². The maximum atomic E-state index is 13.4. The lowest BCUT2D eigenvalue weighted by Gasteiger charge is -2.07. The van der Waals surface area contributed by atoms with Crippen molar-refractivity contribution in [2.24, 2.45) is 0 Å². The van der Waals surface area contributed by atoms with Gasteiger partial charge in [-0.3, -0.25) is 4.72 Å². The van der Waals surface area contributed by atoms with Crippen molar-refractivity contribution >= 4 is 33.0 Å². The molecule has 1 heterocycles. The Morgan fingerprint density at radius 3 is 2.25 bits per heavy atom. The Bertz CT molecular complexity index is 750. The number of hydrogen-bond donors (Lipinski definition) is 2. The predicted molar refractivity (Wildman–Crippen MR) is 68.4 cm³/mol. The maximum Gasteiger partial charge on any atom is 0.345 e. The van der Waals surface area contributed by atoms with Crippen LogP contribution in [0.1, 0.15) is 9.67 Å². The Hall–Kier alpha value is -2.00. The summed E-state index contributed by atoms with van der Waals surface area (Å²) in [7, 11) is -4.25. The lowest BCUT2D eigenvalue weighted by molar-refractivity contribution is 0.0702. The number of hydrogen-bond acceptors (Lipinski definition) is 4. The first kappa shape index (κ1) is 14.4. The lowest BCUT2D eigenvalue weighted by atomic mass is 10.3. The summed E-state index contributed by atoms with van der Waals surface area (Å²) in [5.41, 5.74) is -0.808. The van der Waals surface area contributed by atoms with E-state index in [0.717, 1.165) is 30.3 Å². The second-order valence-corrected chi connectivity index (χ2v) is 6.62. The molecule has 0 radical (unpaired) electrons. The van der Waals surface area contributed by atoms with Gasteiger partial charge in [-0.2, -0.15) is 0 Å². The van der Waals surface area contributed by atoms with Crippen LogP contribution in [0, 0.1) is 11.6 Å². The third kappa shape index (κ3) is 2.78. The molecule has 0 saturated heterocycles. The number of rotatable bonds is 4. The molecule has 20 heavy (non-hydrogen) atoms. The highest BCUT2D eigenvalue weighted by atomic mass is 32.2. The van der Waals surface area contributed by atoms with E-state index >= 15 is 0 Å². The number of thiophene rings is 1. The fraction of sp³-hybridized carbons (Fsp3) is 0. The van der Waals surface area contributed by atoms with E-state index in [-0.39, 0.29) is 9.09 Å². The number of anilines is 1. The summed E-state index contributed by atoms with van der Waals surface area (Å²) in [4.78, 5) is 10.5. The molecule has 1 aromatic heterocycles. The highest BCUT2D eigenvalue weighted by molar-refractivity contribution is 7.94. The third-order valence-corrected chi connectivity index (χ3v) is 5.17. The maximum absolute atomic E-state index is 13.4. The van der Waals surface area contributed by atoms with Crippen molar-refractivity contribution in [3.63, 3.8) is 0 Å². The molecule has 2 aromatic rings. The van der Waals surface area contributed by atoms with Gasteiger partial charge < -0.3 is 5.11 Å². The standard InChI is InChI=1S/C11H7F2NO4S2/c12-6-2-1-3-7(13)10(6)14-20(17,18)9-5-4-8(19-9)11(15)16/h1-5,14H,(H,15,16). The Morgan fingerprint density at radius 1 is 1.15 bits per heavy atom. The molecule has 0 fully saturated rings. The quantitative estimate of drug-likeness (QED) is 0.907. The Morgan fingerprint density at radius 2 is 1.75 bits per heavy atom. The molecule has 0 bridgehead atoms. The first-order chi connectivity index (χ1) is 9.31. The summed E-state index contributed by atoms with van der Waals surface area (Å²) >= 11 is 0.484. The Balaban J connectivity index is 2.38. The second-order valence-electron chi connectivity index (χ2n) is 3.63. The number of sulfonamides is 1. The van der Waals surface area contributed by atoms with Gasteiger partial charge in [0, 0.05) is 0 Å². The normalized spacial score (nSPS) is 11.3. The molecule has 0 aliphatic carbocycles. The minimum atomic E-state index is -4.25. The van der Waals surface area contributed by atoms with Crippen molar-refractivity contribution in [1.29, 1.82) is 0 Å². The second kappa shape index (κ2) is 5.17. The molecule has 0 spiro atoms. The molecule has 0 atom stereocenters. The number of aromatic carboxylic acids is 1. The van der Waals surface area contributed by atoms with Gasteiger partial charge in [0.2, 0.25) is 0 Å². The number of halogens is 2. The van der Waals surface area contributed by atoms with Crippen LogP contribution in [0.2, 0.25) is 0 Å². The molecule has 9 heteroatoms. The first-order valence-corrected chi connectivity index (χ1v) is 7.41. The molecule has 5 nitrogen and oxygen atoms in total. The van der Waals surface area contributed by atoms with E-state index in [4.69, 9.17) is 5.11 Å². The minimum Gasteiger partial charge on any atom is -0.477 e. The molecular formula is C11H7F2NO4S2. The molecule has 0 amide bonds. The fourth-order valence-corrected chi connectivity index (χ4v) is 3.58. The van der Waals surface area contributed by atoms with Crippen LogP contribution in [0.25, 0.3) is 0 Å². The zero-order chi connectivity index (χ0) is 14.9. The van der Waals surface area contributed by atoms with Gasteiger partial charge in [0.15, 0.2) is 0 Å². The number of benzene rings is 1. The summed E-state index contributed by atoms with van der Waals surface area (Å²) < 4.78 is 52.0. The average Bonchev–Trinajstić information content (AvgIpc) is 2.84. The molecule has 2 N–H and O–H groups in total. The molecule has 2 rings (SSSR count). The van der Waals surface area contributed by atoms with Gasteiger partial charge in [-0.05, 0) is 24.3 Å². The third-order valence-electron chi connectivity index (χ3n) is 2.26. The highest BCUT2D eigenvalue weighted by Gasteiger charge is 2.22. The minimum absolute atomic E-state index is 0.195. The van der Waals surface area contributed by atoms with Crippen molar-refractivity contribution in [2.45, 2.75) is 4.21 Å². The summed E-state index contributed by atoms with van der Waals surface area (Å²) in [6.45, 7) is 0. The Labute approximate surface area is 116 Å². The first-order valence-electron chi connectivity index (χ1n) is 5.11. The van der Waals surface area contributed by atoms with Gasteiger partial charge >= 0.3 is 5.97 Å². The van der Waals surface area contributed by atoms with Crippen molar-refractivity contribution < 1.29 is 27.1 Å². The van der Waals surface area contributed by atoms with Crippen LogP contribution in [-0.2, 0) is 10.0 Å². The van der Waals surface area contributed by atoms with Gasteiger partial charge in [0.25, 0.3) is 10.0 Å². The molecule has 0 saturated carbocycles. The van der Waals surface area contributed by atoms with Gasteiger partial charge in [-0.25, -0.2) is 22.0 Å². The van der Waals surface area contributed by atoms with E-state index < -0.39 is 33.3 Å². The number of carbonyl (C=O) groups is 1. The Kier molecular flexibility index (Phi) is 3.73. The molecule has 106 valence electrons. The smallest absolute Gasteiger partial charge is 0.345 e. The van der Waals surface area contributed by atoms with Crippen LogP contribution >= 0.6 is 11.3 Å². The van der Waals surface area contributed by atoms with Gasteiger partial charge in [-0.1, -0.05) is 6.07 Å². The zero-order valence-electron chi connectivity index (χ0n) is 9.63. The van der Waals surface area contributed by atoms with Crippen LogP contribution in [0.15, 0.2) is 34.5 Å². The monoisotopic (exact) mass is 319 g/mol. The van der Waals surface area contributed by atoms with Crippen molar-refractivity contribution in [1.82, 2.24) is 0 Å². The van der Waals surface area contributed by atoms with Crippen molar-refractivity contribution in [2.75, 3.05) is 4.72 Å². The lowest BCUT2D eigenvalue weighted by Crippen LogP contribution is -2.13.